The summed E-state index contributed by atoms with van der Waals surface area (Å²) in [4.78, 5) is 39.2. The van der Waals surface area contributed by atoms with Crippen LogP contribution in [0.5, 0.6) is 5.75 Å². The van der Waals surface area contributed by atoms with Crippen molar-refractivity contribution in [3.63, 3.8) is 0 Å². The Balaban J connectivity index is 1.66. The van der Waals surface area contributed by atoms with Gasteiger partial charge in [-0.1, -0.05) is 29.8 Å². The van der Waals surface area contributed by atoms with Gasteiger partial charge < -0.3 is 10.1 Å². The summed E-state index contributed by atoms with van der Waals surface area (Å²) in [6, 6.07) is 13.1. The molecule has 0 radical (unpaired) electrons. The Kier molecular flexibility index (Phi) is 5.73. The molecule has 0 spiro atoms. The van der Waals surface area contributed by atoms with Gasteiger partial charge in [0.25, 0.3) is 5.91 Å². The van der Waals surface area contributed by atoms with Gasteiger partial charge in [0, 0.05) is 11.9 Å². The van der Waals surface area contributed by atoms with E-state index in [1.807, 2.05) is 0 Å². The molecule has 0 atom stereocenters. The van der Waals surface area contributed by atoms with Crippen LogP contribution in [0.15, 0.2) is 58.4 Å². The van der Waals surface area contributed by atoms with Crippen LogP contribution in [0.2, 0.25) is 5.02 Å². The molecule has 136 valence electrons. The highest BCUT2D eigenvalue weighted by molar-refractivity contribution is 8.18. The smallest absolute Gasteiger partial charge is 0.343 e. The predicted octanol–water partition coefficient (Wildman–Crippen LogP) is 3.67. The molecule has 0 saturated heterocycles. The highest BCUT2D eigenvalue weighted by Crippen LogP contribution is 2.28. The van der Waals surface area contributed by atoms with Gasteiger partial charge in [0.05, 0.1) is 10.5 Å². The molecule has 2 aromatic carbocycles. The van der Waals surface area contributed by atoms with Crippen LogP contribution < -0.4 is 10.1 Å². The number of carbonyl (C=O) groups excluding carboxylic acids is 3. The molecule has 0 bridgehead atoms. The Morgan fingerprint density at radius 1 is 1.19 bits per heavy atom. The number of halogens is 1. The molecule has 0 aromatic heterocycles. The minimum absolute atomic E-state index is 0.255. The van der Waals surface area contributed by atoms with E-state index in [0.29, 0.717) is 21.2 Å². The number of nitrogens with one attached hydrogen (secondary N) is 1. The summed E-state index contributed by atoms with van der Waals surface area (Å²) in [5.41, 5.74) is 1.08. The highest BCUT2D eigenvalue weighted by Gasteiger charge is 2.22. The number of carbonyl (C=O) groups is 3. The van der Waals surface area contributed by atoms with E-state index < -0.39 is 11.9 Å². The Labute approximate surface area is 164 Å². The van der Waals surface area contributed by atoms with E-state index in [-0.39, 0.29) is 11.1 Å². The van der Waals surface area contributed by atoms with Gasteiger partial charge in [-0.2, -0.15) is 4.99 Å². The molecule has 1 aliphatic heterocycles. The number of amidine groups is 1. The minimum Gasteiger partial charge on any atom is -0.423 e. The zero-order valence-electron chi connectivity index (χ0n) is 14.1. The third-order valence-electron chi connectivity index (χ3n) is 3.35. The van der Waals surface area contributed by atoms with Crippen LogP contribution in [0, 0.1) is 0 Å². The fourth-order valence-electron chi connectivity index (χ4n) is 2.18. The van der Waals surface area contributed by atoms with Crippen molar-refractivity contribution in [3.05, 3.63) is 69.6 Å². The first-order valence-corrected chi connectivity index (χ1v) is 8.98. The van der Waals surface area contributed by atoms with E-state index in [9.17, 15) is 14.4 Å². The van der Waals surface area contributed by atoms with Crippen LogP contribution in [0.1, 0.15) is 22.8 Å². The summed E-state index contributed by atoms with van der Waals surface area (Å²) in [5, 5.41) is 3.19. The fraction of sp³-hybridized carbons (Fsp3) is 0.0526. The van der Waals surface area contributed by atoms with Gasteiger partial charge in [-0.25, -0.2) is 4.79 Å². The summed E-state index contributed by atoms with van der Waals surface area (Å²) >= 11 is 6.95. The number of nitrogens with zero attached hydrogens (tertiary/aromatic N) is 1. The summed E-state index contributed by atoms with van der Waals surface area (Å²) in [7, 11) is 0. The second kappa shape index (κ2) is 8.20. The van der Waals surface area contributed by atoms with Crippen LogP contribution in [-0.2, 0) is 9.59 Å². The van der Waals surface area contributed by atoms with Gasteiger partial charge >= 0.3 is 5.97 Å². The zero-order valence-corrected chi connectivity index (χ0v) is 15.6. The highest BCUT2D eigenvalue weighted by atomic mass is 35.5. The number of aliphatic imine (C=N–C) groups is 1. The number of thioether (sulfide) groups is 1. The predicted molar refractivity (Wildman–Crippen MR) is 105 cm³/mol. The summed E-state index contributed by atoms with van der Waals surface area (Å²) < 4.78 is 5.30. The van der Waals surface area contributed by atoms with E-state index in [1.54, 1.807) is 48.5 Å². The molecule has 8 heteroatoms. The van der Waals surface area contributed by atoms with E-state index in [1.165, 1.54) is 13.0 Å². The summed E-state index contributed by atoms with van der Waals surface area (Å²) in [5.74, 6) is -0.859. The van der Waals surface area contributed by atoms with Crippen molar-refractivity contribution in [2.45, 2.75) is 6.92 Å². The lowest BCUT2D eigenvalue weighted by Gasteiger charge is -2.05. The van der Waals surface area contributed by atoms with Crippen LogP contribution in [0.25, 0.3) is 6.08 Å². The number of esters is 1. The second-order valence-electron chi connectivity index (χ2n) is 5.48. The third kappa shape index (κ3) is 5.06. The lowest BCUT2D eigenvalue weighted by atomic mass is 10.2. The van der Waals surface area contributed by atoms with Crippen LogP contribution in [0.4, 0.5) is 0 Å². The summed E-state index contributed by atoms with van der Waals surface area (Å²) in [6.45, 7) is 1.35. The van der Waals surface area contributed by atoms with Gasteiger partial charge in [-0.05, 0) is 53.7 Å². The van der Waals surface area contributed by atoms with Crippen molar-refractivity contribution in [2.75, 3.05) is 0 Å². The Bertz CT molecular complexity index is 983. The third-order valence-corrected chi connectivity index (χ3v) is 4.49. The average molecular weight is 401 g/mol. The monoisotopic (exact) mass is 400 g/mol. The lowest BCUT2D eigenvalue weighted by Crippen LogP contribution is -2.23. The fourth-order valence-corrected chi connectivity index (χ4v) is 3.23. The molecule has 2 amide bonds. The van der Waals surface area contributed by atoms with Gasteiger partial charge in [0.1, 0.15) is 5.75 Å². The largest absolute Gasteiger partial charge is 0.423 e. The normalized spacial score (nSPS) is 14.8. The second-order valence-corrected chi connectivity index (χ2v) is 6.95. The first-order valence-electron chi connectivity index (χ1n) is 7.79. The quantitative estimate of drug-likeness (QED) is 0.482. The number of ether oxygens (including phenoxy) is 1. The van der Waals surface area contributed by atoms with E-state index in [2.05, 4.69) is 10.3 Å². The molecule has 6 nitrogen and oxygen atoms in total. The maximum Gasteiger partial charge on any atom is 0.343 e. The lowest BCUT2D eigenvalue weighted by molar-refractivity contribution is -0.117. The van der Waals surface area contributed by atoms with Gasteiger partial charge in [0.15, 0.2) is 5.17 Å². The van der Waals surface area contributed by atoms with Crippen molar-refractivity contribution >= 4 is 52.4 Å². The number of rotatable bonds is 3. The zero-order chi connectivity index (χ0) is 19.4. The van der Waals surface area contributed by atoms with Gasteiger partial charge in [-0.3, -0.25) is 9.59 Å². The van der Waals surface area contributed by atoms with Gasteiger partial charge in [0.2, 0.25) is 5.91 Å². The SMILES string of the molecule is CC(=O)NC1=NC(=O)/C(=C/c2ccc(OC(=O)c3cccc(Cl)c3)cc2)S1. The van der Waals surface area contributed by atoms with E-state index in [0.717, 1.165) is 17.3 Å². The number of benzene rings is 2. The maximum absolute atomic E-state index is 12.1. The Morgan fingerprint density at radius 3 is 2.59 bits per heavy atom. The molecule has 2 aromatic rings. The summed E-state index contributed by atoms with van der Waals surface area (Å²) in [6.07, 6.45) is 1.65. The molecule has 1 heterocycles. The van der Waals surface area contributed by atoms with Crippen molar-refractivity contribution < 1.29 is 19.1 Å². The molecule has 27 heavy (non-hydrogen) atoms. The van der Waals surface area contributed by atoms with E-state index in [4.69, 9.17) is 16.3 Å². The number of hydrogen-bond acceptors (Lipinski definition) is 5. The maximum atomic E-state index is 12.1. The molecule has 1 N–H and O–H groups in total. The topological polar surface area (TPSA) is 84.8 Å². The molecular weight excluding hydrogens is 388 g/mol. The average Bonchev–Trinajstić information content (AvgIpc) is 2.95. The molecule has 0 aliphatic carbocycles. The number of amides is 2. The van der Waals surface area contributed by atoms with Crippen molar-refractivity contribution in [1.82, 2.24) is 5.32 Å². The van der Waals surface area contributed by atoms with Gasteiger partial charge in [-0.15, -0.1) is 0 Å². The Morgan fingerprint density at radius 2 is 1.93 bits per heavy atom. The van der Waals surface area contributed by atoms with Crippen LogP contribution in [-0.4, -0.2) is 23.0 Å². The van der Waals surface area contributed by atoms with Crippen LogP contribution >= 0.6 is 23.4 Å². The molecular formula is C19H13ClN2O4S. The molecule has 1 aliphatic rings. The molecule has 0 fully saturated rings. The standard InChI is InChI=1S/C19H13ClN2O4S/c1-11(23)21-19-22-17(24)16(27-19)9-12-5-7-15(8-6-12)26-18(25)13-3-2-4-14(20)10-13/h2-10H,1H3,(H,21,22,23,24)/b16-9-. The van der Waals surface area contributed by atoms with Crippen molar-refractivity contribution in [2.24, 2.45) is 4.99 Å². The van der Waals surface area contributed by atoms with Crippen LogP contribution in [0.3, 0.4) is 0 Å². The first-order chi connectivity index (χ1) is 12.9. The van der Waals surface area contributed by atoms with Crippen molar-refractivity contribution in [1.29, 1.82) is 0 Å². The molecule has 3 rings (SSSR count). The Hall–Kier alpha value is -2.90. The minimum atomic E-state index is -0.515. The first kappa shape index (κ1) is 18.9. The molecule has 0 saturated carbocycles. The van der Waals surface area contributed by atoms with E-state index >= 15 is 0 Å². The number of hydrogen-bond donors (Lipinski definition) is 1. The molecule has 0 unspecified atom stereocenters. The van der Waals surface area contributed by atoms with Crippen molar-refractivity contribution in [3.8, 4) is 5.75 Å².